The predicted octanol–water partition coefficient (Wildman–Crippen LogP) is 3.29. The minimum atomic E-state index is -0.446. The number of hydrogen-bond acceptors (Lipinski definition) is 6. The maximum absolute atomic E-state index is 12.2. The van der Waals surface area contributed by atoms with Crippen LogP contribution in [-0.4, -0.2) is 39.8 Å². The topological polar surface area (TPSA) is 73.9 Å². The molecule has 1 amide bonds. The second-order valence-corrected chi connectivity index (χ2v) is 6.90. The largest absolute Gasteiger partial charge is 0.493 e. The van der Waals surface area contributed by atoms with Crippen LogP contribution in [0.15, 0.2) is 28.7 Å². The van der Waals surface area contributed by atoms with Gasteiger partial charge < -0.3 is 19.5 Å². The SMILES string of the molecule is COC(=O)c1ccc(C(=O)NCCc2cc(OC)c(OC)cc2Br)s1. The van der Waals surface area contributed by atoms with Crippen molar-refractivity contribution in [1.82, 2.24) is 5.32 Å². The van der Waals surface area contributed by atoms with E-state index in [-0.39, 0.29) is 5.91 Å². The quantitative estimate of drug-likeness (QED) is 0.686. The molecule has 2 rings (SSSR count). The van der Waals surface area contributed by atoms with E-state index in [2.05, 4.69) is 26.0 Å². The number of ether oxygens (including phenoxy) is 3. The molecule has 0 unspecified atom stereocenters. The third kappa shape index (κ3) is 4.73. The van der Waals surface area contributed by atoms with Gasteiger partial charge in [0.1, 0.15) is 4.88 Å². The van der Waals surface area contributed by atoms with Crippen LogP contribution in [0.1, 0.15) is 24.9 Å². The highest BCUT2D eigenvalue weighted by Crippen LogP contribution is 2.33. The van der Waals surface area contributed by atoms with Gasteiger partial charge in [-0.2, -0.15) is 0 Å². The molecule has 8 heteroatoms. The molecule has 1 aromatic heterocycles. The van der Waals surface area contributed by atoms with Gasteiger partial charge in [-0.1, -0.05) is 15.9 Å². The molecule has 0 radical (unpaired) electrons. The highest BCUT2D eigenvalue weighted by molar-refractivity contribution is 9.10. The van der Waals surface area contributed by atoms with Crippen LogP contribution in [0.3, 0.4) is 0 Å². The normalized spacial score (nSPS) is 10.2. The van der Waals surface area contributed by atoms with Gasteiger partial charge in [-0.15, -0.1) is 11.3 Å². The van der Waals surface area contributed by atoms with Gasteiger partial charge in [0.25, 0.3) is 5.91 Å². The fourth-order valence-corrected chi connectivity index (χ4v) is 3.52. The zero-order valence-corrected chi connectivity index (χ0v) is 16.5. The Bertz CT molecular complexity index is 774. The highest BCUT2D eigenvalue weighted by Gasteiger charge is 2.14. The first-order valence-electron chi connectivity index (χ1n) is 7.37. The van der Waals surface area contributed by atoms with Gasteiger partial charge in [-0.3, -0.25) is 4.79 Å². The molecular formula is C17H18BrNO5S. The van der Waals surface area contributed by atoms with Gasteiger partial charge in [0.15, 0.2) is 11.5 Å². The van der Waals surface area contributed by atoms with Gasteiger partial charge in [0.05, 0.1) is 26.2 Å². The summed E-state index contributed by atoms with van der Waals surface area (Å²) < 4.78 is 16.0. The van der Waals surface area contributed by atoms with Crippen molar-refractivity contribution < 1.29 is 23.8 Å². The van der Waals surface area contributed by atoms with Crippen molar-refractivity contribution in [1.29, 1.82) is 0 Å². The van der Waals surface area contributed by atoms with Crippen molar-refractivity contribution in [2.24, 2.45) is 0 Å². The molecule has 1 N–H and O–H groups in total. The lowest BCUT2D eigenvalue weighted by Crippen LogP contribution is -2.25. The summed E-state index contributed by atoms with van der Waals surface area (Å²) in [5, 5.41) is 2.84. The first kappa shape index (κ1) is 19.3. The Labute approximate surface area is 158 Å². The molecular weight excluding hydrogens is 410 g/mol. The van der Waals surface area contributed by atoms with E-state index in [1.807, 2.05) is 12.1 Å². The van der Waals surface area contributed by atoms with Crippen LogP contribution in [0.25, 0.3) is 0 Å². The van der Waals surface area contributed by atoms with E-state index in [1.54, 1.807) is 26.4 Å². The number of rotatable bonds is 7. The minimum Gasteiger partial charge on any atom is -0.493 e. The van der Waals surface area contributed by atoms with Crippen molar-refractivity contribution >= 4 is 39.1 Å². The standard InChI is InChI=1S/C17H18BrNO5S/c1-22-12-8-10(11(18)9-13(12)23-2)6-7-19-16(20)14-4-5-15(25-14)17(21)24-3/h4-5,8-9H,6-7H2,1-3H3,(H,19,20). The summed E-state index contributed by atoms with van der Waals surface area (Å²) in [7, 11) is 4.46. The molecule has 0 aliphatic heterocycles. The molecule has 6 nitrogen and oxygen atoms in total. The average molecular weight is 428 g/mol. The van der Waals surface area contributed by atoms with Crippen LogP contribution in [0.2, 0.25) is 0 Å². The first-order valence-corrected chi connectivity index (χ1v) is 8.97. The molecule has 0 aliphatic carbocycles. The van der Waals surface area contributed by atoms with Crippen molar-refractivity contribution in [3.63, 3.8) is 0 Å². The number of carbonyl (C=O) groups excluding carboxylic acids is 2. The van der Waals surface area contributed by atoms with E-state index in [1.165, 1.54) is 7.11 Å². The van der Waals surface area contributed by atoms with Gasteiger partial charge in [0, 0.05) is 11.0 Å². The summed E-state index contributed by atoms with van der Waals surface area (Å²) in [5.41, 5.74) is 0.986. The maximum Gasteiger partial charge on any atom is 0.348 e. The lowest BCUT2D eigenvalue weighted by atomic mass is 10.1. The lowest BCUT2D eigenvalue weighted by molar-refractivity contribution is 0.0606. The van der Waals surface area contributed by atoms with Gasteiger partial charge >= 0.3 is 5.97 Å². The van der Waals surface area contributed by atoms with Crippen molar-refractivity contribution in [3.8, 4) is 11.5 Å². The Hall–Kier alpha value is -2.06. The second kappa shape index (κ2) is 8.87. The van der Waals surface area contributed by atoms with Crippen LogP contribution in [0.4, 0.5) is 0 Å². The molecule has 0 saturated heterocycles. The van der Waals surface area contributed by atoms with E-state index in [9.17, 15) is 9.59 Å². The molecule has 0 fully saturated rings. The van der Waals surface area contributed by atoms with E-state index in [0.717, 1.165) is 21.4 Å². The van der Waals surface area contributed by atoms with Crippen molar-refractivity contribution in [2.75, 3.05) is 27.9 Å². The first-order chi connectivity index (χ1) is 12.0. The molecule has 0 atom stereocenters. The molecule has 134 valence electrons. The monoisotopic (exact) mass is 427 g/mol. The van der Waals surface area contributed by atoms with E-state index in [4.69, 9.17) is 9.47 Å². The number of esters is 1. The smallest absolute Gasteiger partial charge is 0.348 e. The third-order valence-corrected chi connectivity index (χ3v) is 5.25. The average Bonchev–Trinajstić information content (AvgIpc) is 3.12. The summed E-state index contributed by atoms with van der Waals surface area (Å²) in [5.74, 6) is 0.596. The lowest BCUT2D eigenvalue weighted by Gasteiger charge is -2.12. The third-order valence-electron chi connectivity index (χ3n) is 3.45. The predicted molar refractivity (Wildman–Crippen MR) is 98.9 cm³/mol. The molecule has 0 spiro atoms. The molecule has 1 aromatic carbocycles. The van der Waals surface area contributed by atoms with E-state index >= 15 is 0 Å². The van der Waals surface area contributed by atoms with Crippen LogP contribution < -0.4 is 14.8 Å². The fraction of sp³-hybridized carbons (Fsp3) is 0.294. The van der Waals surface area contributed by atoms with Crippen LogP contribution >= 0.6 is 27.3 Å². The van der Waals surface area contributed by atoms with Crippen LogP contribution in [-0.2, 0) is 11.2 Å². The number of benzene rings is 1. The second-order valence-electron chi connectivity index (χ2n) is 4.96. The summed E-state index contributed by atoms with van der Waals surface area (Å²) >= 11 is 4.59. The molecule has 0 aliphatic rings. The number of halogens is 1. The highest BCUT2D eigenvalue weighted by atomic mass is 79.9. The Kier molecular flexibility index (Phi) is 6.83. The van der Waals surface area contributed by atoms with Crippen LogP contribution in [0, 0.1) is 0 Å². The zero-order chi connectivity index (χ0) is 18.4. The summed E-state index contributed by atoms with van der Waals surface area (Å²) in [6, 6.07) is 6.89. The summed E-state index contributed by atoms with van der Waals surface area (Å²) in [6.45, 7) is 0.443. The van der Waals surface area contributed by atoms with E-state index in [0.29, 0.717) is 34.2 Å². The van der Waals surface area contributed by atoms with Crippen LogP contribution in [0.5, 0.6) is 11.5 Å². The Balaban J connectivity index is 1.97. The van der Waals surface area contributed by atoms with Gasteiger partial charge in [-0.05, 0) is 36.2 Å². The minimum absolute atomic E-state index is 0.225. The van der Waals surface area contributed by atoms with Gasteiger partial charge in [-0.25, -0.2) is 4.79 Å². The molecule has 1 heterocycles. The molecule has 0 saturated carbocycles. The number of amides is 1. The Morgan fingerprint density at radius 3 is 2.36 bits per heavy atom. The number of carbonyl (C=O) groups is 2. The van der Waals surface area contributed by atoms with Crippen molar-refractivity contribution in [3.05, 3.63) is 44.1 Å². The number of thiophene rings is 1. The Morgan fingerprint density at radius 2 is 1.72 bits per heavy atom. The van der Waals surface area contributed by atoms with Crippen molar-refractivity contribution in [2.45, 2.75) is 6.42 Å². The van der Waals surface area contributed by atoms with E-state index < -0.39 is 5.97 Å². The number of nitrogens with one attached hydrogen (secondary N) is 1. The summed E-state index contributed by atoms with van der Waals surface area (Å²) in [6.07, 6.45) is 0.613. The number of hydrogen-bond donors (Lipinski definition) is 1. The fourth-order valence-electron chi connectivity index (χ4n) is 2.16. The Morgan fingerprint density at radius 1 is 1.08 bits per heavy atom. The summed E-state index contributed by atoms with van der Waals surface area (Å²) in [4.78, 5) is 24.4. The zero-order valence-electron chi connectivity index (χ0n) is 14.1. The molecule has 0 bridgehead atoms. The van der Waals surface area contributed by atoms with Gasteiger partial charge in [0.2, 0.25) is 0 Å². The molecule has 25 heavy (non-hydrogen) atoms. The number of methoxy groups -OCH3 is 3. The molecule has 2 aromatic rings. The maximum atomic E-state index is 12.2.